The number of aliphatic hydroxyl groups excluding tert-OH is 1. The van der Waals surface area contributed by atoms with Crippen molar-refractivity contribution in [2.24, 2.45) is 0 Å². The third-order valence-electron chi connectivity index (χ3n) is 1.57. The molecule has 5 heteroatoms. The molecule has 0 aliphatic heterocycles. The van der Waals surface area contributed by atoms with Gasteiger partial charge in [0, 0.05) is 0 Å². The van der Waals surface area contributed by atoms with Crippen molar-refractivity contribution in [1.29, 1.82) is 0 Å². The van der Waals surface area contributed by atoms with Crippen LogP contribution in [0.5, 0.6) is 0 Å². The van der Waals surface area contributed by atoms with Gasteiger partial charge < -0.3 is 19.3 Å². The fourth-order valence-corrected chi connectivity index (χ4v) is 0.903. The van der Waals surface area contributed by atoms with Gasteiger partial charge in [-0.05, 0) is 27.7 Å². The maximum Gasteiger partial charge on any atom is 0.335 e. The molecule has 0 heterocycles. The predicted molar refractivity (Wildman–Crippen MR) is 59.2 cm³/mol. The van der Waals surface area contributed by atoms with Gasteiger partial charge in [0.15, 0.2) is 6.10 Å². The van der Waals surface area contributed by atoms with Crippen molar-refractivity contribution in [2.75, 3.05) is 26.4 Å². The summed E-state index contributed by atoms with van der Waals surface area (Å²) in [5, 5.41) is 8.45. The Balaban J connectivity index is 3.64. The molecule has 0 aromatic carbocycles. The minimum atomic E-state index is -0.600. The molecular weight excluding hydrogens is 212 g/mol. The Bertz CT molecular complexity index is 197. The Morgan fingerprint density at radius 1 is 1.25 bits per heavy atom. The number of carbonyl (C=O) groups excluding carboxylic acids is 1. The summed E-state index contributed by atoms with van der Waals surface area (Å²) in [5.41, 5.74) is -0.498. The number of carbonyl (C=O) groups is 1. The molecule has 96 valence electrons. The van der Waals surface area contributed by atoms with Gasteiger partial charge in [-0.2, -0.15) is 0 Å². The predicted octanol–water partition coefficient (Wildman–Crippen LogP) is 0.742. The lowest BCUT2D eigenvalue weighted by atomic mass is 10.2. The summed E-state index contributed by atoms with van der Waals surface area (Å²) in [5.74, 6) is -0.380. The lowest BCUT2D eigenvalue weighted by molar-refractivity contribution is -0.168. The Kier molecular flexibility index (Phi) is 7.29. The van der Waals surface area contributed by atoms with Crippen molar-refractivity contribution in [3.8, 4) is 0 Å². The molecule has 0 fully saturated rings. The van der Waals surface area contributed by atoms with Crippen molar-refractivity contribution >= 4 is 5.97 Å². The van der Waals surface area contributed by atoms with E-state index in [1.54, 1.807) is 6.92 Å². The van der Waals surface area contributed by atoms with Gasteiger partial charge in [0.25, 0.3) is 0 Å². The second-order valence-electron chi connectivity index (χ2n) is 4.38. The molecule has 1 N–H and O–H groups in total. The minimum absolute atomic E-state index is 0.0123. The normalized spacial score (nSPS) is 13.6. The van der Waals surface area contributed by atoms with Crippen LogP contribution in [0, 0.1) is 0 Å². The average Bonchev–Trinajstić information content (AvgIpc) is 2.14. The molecule has 0 aromatic rings. The standard InChI is InChI=1S/C11H22O5/c1-9(10(13)16-11(2,3)4)15-8-7-14-6-5-12/h9,12H,5-8H2,1-4H3. The highest BCUT2D eigenvalue weighted by Gasteiger charge is 2.21. The van der Waals surface area contributed by atoms with Gasteiger partial charge in [0.1, 0.15) is 5.60 Å². The lowest BCUT2D eigenvalue weighted by Gasteiger charge is -2.22. The molecule has 0 bridgehead atoms. The molecule has 0 saturated heterocycles. The minimum Gasteiger partial charge on any atom is -0.458 e. The van der Waals surface area contributed by atoms with E-state index >= 15 is 0 Å². The highest BCUT2D eigenvalue weighted by Crippen LogP contribution is 2.09. The van der Waals surface area contributed by atoms with Crippen LogP contribution in [0.4, 0.5) is 0 Å². The summed E-state index contributed by atoms with van der Waals surface area (Å²) in [7, 11) is 0. The zero-order chi connectivity index (χ0) is 12.6. The quantitative estimate of drug-likeness (QED) is 0.520. The largest absolute Gasteiger partial charge is 0.458 e. The van der Waals surface area contributed by atoms with Gasteiger partial charge in [-0.25, -0.2) is 4.79 Å². The summed E-state index contributed by atoms with van der Waals surface area (Å²) in [6.07, 6.45) is -0.600. The molecule has 0 aromatic heterocycles. The monoisotopic (exact) mass is 234 g/mol. The maximum atomic E-state index is 11.5. The van der Waals surface area contributed by atoms with Crippen molar-refractivity contribution in [3.63, 3.8) is 0 Å². The topological polar surface area (TPSA) is 65.0 Å². The van der Waals surface area contributed by atoms with Gasteiger partial charge in [-0.3, -0.25) is 0 Å². The van der Waals surface area contributed by atoms with Crippen molar-refractivity contribution in [1.82, 2.24) is 0 Å². The Morgan fingerprint density at radius 2 is 1.88 bits per heavy atom. The molecular formula is C11H22O5. The molecule has 0 aliphatic rings. The van der Waals surface area contributed by atoms with E-state index in [4.69, 9.17) is 19.3 Å². The van der Waals surface area contributed by atoms with Crippen LogP contribution in [-0.4, -0.2) is 49.2 Å². The van der Waals surface area contributed by atoms with E-state index in [0.717, 1.165) is 0 Å². The van der Waals surface area contributed by atoms with Crippen LogP contribution in [0.1, 0.15) is 27.7 Å². The van der Waals surface area contributed by atoms with Crippen molar-refractivity contribution in [3.05, 3.63) is 0 Å². The van der Waals surface area contributed by atoms with Gasteiger partial charge in [0.05, 0.1) is 26.4 Å². The van der Waals surface area contributed by atoms with E-state index in [1.165, 1.54) is 0 Å². The second-order valence-corrected chi connectivity index (χ2v) is 4.38. The van der Waals surface area contributed by atoms with Gasteiger partial charge in [-0.15, -0.1) is 0 Å². The maximum absolute atomic E-state index is 11.5. The summed E-state index contributed by atoms with van der Waals surface area (Å²) in [4.78, 5) is 11.5. The molecule has 0 aliphatic carbocycles. The van der Waals surface area contributed by atoms with Crippen LogP contribution in [0.15, 0.2) is 0 Å². The van der Waals surface area contributed by atoms with Gasteiger partial charge >= 0.3 is 5.97 Å². The highest BCUT2D eigenvalue weighted by molar-refractivity contribution is 5.74. The first-order valence-corrected chi connectivity index (χ1v) is 5.40. The number of ether oxygens (including phenoxy) is 3. The Morgan fingerprint density at radius 3 is 2.38 bits per heavy atom. The van der Waals surface area contributed by atoms with Crippen LogP contribution in [0.3, 0.4) is 0 Å². The van der Waals surface area contributed by atoms with E-state index in [-0.39, 0.29) is 19.2 Å². The van der Waals surface area contributed by atoms with E-state index in [1.807, 2.05) is 20.8 Å². The molecule has 0 rings (SSSR count). The first-order valence-electron chi connectivity index (χ1n) is 5.40. The Hall–Kier alpha value is -0.650. The number of hydrogen-bond donors (Lipinski definition) is 1. The summed E-state index contributed by atoms with van der Waals surface area (Å²) in [6.45, 7) is 7.99. The van der Waals surface area contributed by atoms with Crippen LogP contribution in [0.2, 0.25) is 0 Å². The molecule has 0 amide bonds. The number of aliphatic hydroxyl groups is 1. The van der Waals surface area contributed by atoms with E-state index < -0.39 is 11.7 Å². The second kappa shape index (κ2) is 7.60. The fourth-order valence-electron chi connectivity index (χ4n) is 0.903. The van der Waals surface area contributed by atoms with Crippen LogP contribution >= 0.6 is 0 Å². The summed E-state index contributed by atoms with van der Waals surface area (Å²) < 4.78 is 15.3. The zero-order valence-corrected chi connectivity index (χ0v) is 10.5. The molecule has 0 spiro atoms. The van der Waals surface area contributed by atoms with Gasteiger partial charge in [0.2, 0.25) is 0 Å². The fraction of sp³-hybridized carbons (Fsp3) is 0.909. The molecule has 16 heavy (non-hydrogen) atoms. The molecule has 0 radical (unpaired) electrons. The summed E-state index contributed by atoms with van der Waals surface area (Å²) >= 11 is 0. The third kappa shape index (κ3) is 8.64. The number of hydrogen-bond acceptors (Lipinski definition) is 5. The smallest absolute Gasteiger partial charge is 0.335 e. The van der Waals surface area contributed by atoms with E-state index in [0.29, 0.717) is 13.2 Å². The van der Waals surface area contributed by atoms with Crippen LogP contribution in [-0.2, 0) is 19.0 Å². The van der Waals surface area contributed by atoms with Crippen molar-refractivity contribution in [2.45, 2.75) is 39.4 Å². The number of esters is 1. The first-order chi connectivity index (χ1) is 7.37. The van der Waals surface area contributed by atoms with E-state index in [9.17, 15) is 4.79 Å². The zero-order valence-electron chi connectivity index (χ0n) is 10.5. The van der Waals surface area contributed by atoms with E-state index in [2.05, 4.69) is 0 Å². The van der Waals surface area contributed by atoms with Gasteiger partial charge in [-0.1, -0.05) is 0 Å². The van der Waals surface area contributed by atoms with Crippen LogP contribution < -0.4 is 0 Å². The lowest BCUT2D eigenvalue weighted by Crippen LogP contribution is -2.32. The molecule has 0 saturated carbocycles. The third-order valence-corrected chi connectivity index (χ3v) is 1.57. The molecule has 1 unspecified atom stereocenters. The number of rotatable bonds is 7. The first kappa shape index (κ1) is 15.3. The van der Waals surface area contributed by atoms with Crippen molar-refractivity contribution < 1.29 is 24.1 Å². The highest BCUT2D eigenvalue weighted by atomic mass is 16.6. The summed E-state index contributed by atoms with van der Waals surface area (Å²) in [6, 6.07) is 0. The molecule has 1 atom stereocenters. The SMILES string of the molecule is CC(OCCOCCO)C(=O)OC(C)(C)C. The van der Waals surface area contributed by atoms with Crippen LogP contribution in [0.25, 0.3) is 0 Å². The average molecular weight is 234 g/mol. The Labute approximate surface area is 96.7 Å². The molecule has 5 nitrogen and oxygen atoms in total.